The molecule has 4 nitrogen and oxygen atoms in total. The monoisotopic (exact) mass is 983 g/mol. The molecular weight excluding hydrogens is 909 g/mol. The first-order valence-corrected chi connectivity index (χ1v) is 27.5. The number of hydrogen-bond acceptors (Lipinski definition) is 1. The summed E-state index contributed by atoms with van der Waals surface area (Å²) in [6, 6.07) is 61.7. The first-order valence-electron chi connectivity index (χ1n) is 27.5. The van der Waals surface area contributed by atoms with Gasteiger partial charge in [-0.05, 0) is 184 Å². The molecule has 1 fully saturated rings. The maximum atomic E-state index is 2.50. The molecule has 0 saturated carbocycles. The minimum Gasteiger partial charge on any atom is -0.309 e. The van der Waals surface area contributed by atoms with Crippen molar-refractivity contribution < 1.29 is 0 Å². The van der Waals surface area contributed by atoms with Crippen LogP contribution in [0.3, 0.4) is 0 Å². The van der Waals surface area contributed by atoms with Crippen LogP contribution in [0.4, 0.5) is 0 Å². The van der Waals surface area contributed by atoms with Crippen LogP contribution in [-0.2, 0) is 21.7 Å². The van der Waals surface area contributed by atoms with Crippen molar-refractivity contribution in [1.29, 1.82) is 0 Å². The predicted octanol–water partition coefficient (Wildman–Crippen LogP) is 19.1. The van der Waals surface area contributed by atoms with Crippen LogP contribution >= 0.6 is 0 Å². The van der Waals surface area contributed by atoms with E-state index >= 15 is 0 Å². The third kappa shape index (κ3) is 8.50. The number of nitrogens with zero attached hydrogens (tertiary/aromatic N) is 4. The molecule has 11 aromatic rings. The van der Waals surface area contributed by atoms with E-state index in [4.69, 9.17) is 0 Å². The van der Waals surface area contributed by atoms with Crippen molar-refractivity contribution in [2.45, 2.75) is 124 Å². The van der Waals surface area contributed by atoms with E-state index in [2.05, 4.69) is 279 Å². The van der Waals surface area contributed by atoms with Gasteiger partial charge in [0.2, 0.25) is 0 Å². The minimum atomic E-state index is 0.0235. The number of likely N-dealkylation sites (tertiary alicyclic amines) is 1. The Morgan fingerprint density at radius 3 is 0.960 bits per heavy atom. The summed E-state index contributed by atoms with van der Waals surface area (Å²) in [4.78, 5) is 2.48. The van der Waals surface area contributed by atoms with Crippen LogP contribution in [0.2, 0.25) is 0 Å². The number of benzene rings is 8. The highest BCUT2D eigenvalue weighted by molar-refractivity contribution is 6.14. The van der Waals surface area contributed by atoms with Crippen LogP contribution in [0.25, 0.3) is 94.6 Å². The summed E-state index contributed by atoms with van der Waals surface area (Å²) in [6.45, 7) is 29.0. The maximum Gasteiger partial charge on any atom is 0.0542 e. The third-order valence-corrected chi connectivity index (χ3v) is 16.7. The Morgan fingerprint density at radius 2 is 0.640 bits per heavy atom. The van der Waals surface area contributed by atoms with Gasteiger partial charge in [0.15, 0.2) is 0 Å². The Labute approximate surface area is 444 Å². The van der Waals surface area contributed by atoms with Gasteiger partial charge in [-0.3, -0.25) is 4.90 Å². The second-order valence-corrected chi connectivity index (χ2v) is 26.1. The van der Waals surface area contributed by atoms with Gasteiger partial charge in [-0.2, -0.15) is 0 Å². The highest BCUT2D eigenvalue weighted by Gasteiger charge is 2.26. The Morgan fingerprint density at radius 1 is 0.347 bits per heavy atom. The zero-order valence-corrected chi connectivity index (χ0v) is 46.7. The average Bonchev–Trinajstić information content (AvgIpc) is 4.13. The Hall–Kier alpha value is -7.14. The molecule has 4 heterocycles. The van der Waals surface area contributed by atoms with Crippen LogP contribution in [0.5, 0.6) is 0 Å². The Balaban J connectivity index is 1.05. The van der Waals surface area contributed by atoms with Crippen LogP contribution in [0, 0.1) is 0 Å². The summed E-state index contributed by atoms with van der Waals surface area (Å²) in [5, 5.41) is 7.64. The van der Waals surface area contributed by atoms with Gasteiger partial charge in [-0.1, -0.05) is 156 Å². The molecule has 1 saturated heterocycles. The molecule has 0 spiro atoms. The molecule has 1 aliphatic rings. The van der Waals surface area contributed by atoms with Crippen LogP contribution in [0.1, 0.15) is 141 Å². The molecular formula is C71H74N4. The van der Waals surface area contributed by atoms with Crippen molar-refractivity contribution in [1.82, 2.24) is 18.6 Å². The summed E-state index contributed by atoms with van der Waals surface area (Å²) in [7, 11) is 2.25. The minimum absolute atomic E-state index is 0.0235. The number of fused-ring (bicyclic) bond motifs is 9. The maximum absolute atomic E-state index is 2.50. The molecule has 0 aliphatic carbocycles. The zero-order valence-electron chi connectivity index (χ0n) is 46.7. The average molecular weight is 983 g/mol. The zero-order chi connectivity index (χ0) is 52.5. The lowest BCUT2D eigenvalue weighted by atomic mass is 9.85. The molecule has 8 aromatic carbocycles. The fourth-order valence-corrected chi connectivity index (χ4v) is 12.1. The van der Waals surface area contributed by atoms with E-state index in [1.807, 2.05) is 0 Å². The van der Waals surface area contributed by atoms with Crippen molar-refractivity contribution in [2.75, 3.05) is 13.6 Å². The molecule has 0 bridgehead atoms. The highest BCUT2D eigenvalue weighted by atomic mass is 15.1. The smallest absolute Gasteiger partial charge is 0.0542 e. The molecule has 12 rings (SSSR count). The van der Waals surface area contributed by atoms with E-state index in [0.717, 1.165) is 17.1 Å². The summed E-state index contributed by atoms with van der Waals surface area (Å²) >= 11 is 0. The van der Waals surface area contributed by atoms with Crippen LogP contribution in [-0.4, -0.2) is 32.2 Å². The largest absolute Gasteiger partial charge is 0.309 e. The van der Waals surface area contributed by atoms with Gasteiger partial charge in [0.05, 0.1) is 33.1 Å². The predicted molar refractivity (Wildman–Crippen MR) is 324 cm³/mol. The van der Waals surface area contributed by atoms with E-state index in [9.17, 15) is 0 Å². The lowest BCUT2D eigenvalue weighted by molar-refractivity contribution is 0.317. The quantitative estimate of drug-likeness (QED) is 0.152. The Bertz CT molecular complexity index is 3710. The molecule has 0 amide bonds. The van der Waals surface area contributed by atoms with Crippen molar-refractivity contribution in [2.24, 2.45) is 0 Å². The van der Waals surface area contributed by atoms with Crippen LogP contribution in [0.15, 0.2) is 158 Å². The second-order valence-electron chi connectivity index (χ2n) is 26.1. The van der Waals surface area contributed by atoms with E-state index in [1.54, 1.807) is 0 Å². The fraction of sp³-hybridized carbons (Fsp3) is 0.296. The molecule has 0 radical (unpaired) electrons. The van der Waals surface area contributed by atoms with Gasteiger partial charge in [0, 0.05) is 55.4 Å². The van der Waals surface area contributed by atoms with Gasteiger partial charge < -0.3 is 13.7 Å². The molecule has 4 heteroatoms. The van der Waals surface area contributed by atoms with E-state index in [-0.39, 0.29) is 21.7 Å². The summed E-state index contributed by atoms with van der Waals surface area (Å²) in [6.07, 6.45) is 7.00. The van der Waals surface area contributed by atoms with Crippen molar-refractivity contribution in [3.63, 3.8) is 0 Å². The molecule has 1 unspecified atom stereocenters. The Kier molecular flexibility index (Phi) is 11.4. The number of hydrogen-bond donors (Lipinski definition) is 0. The first kappa shape index (κ1) is 48.8. The molecule has 1 aliphatic heterocycles. The molecule has 3 aromatic heterocycles. The van der Waals surface area contributed by atoms with Crippen molar-refractivity contribution >= 4 is 77.6 Å². The van der Waals surface area contributed by atoms with Gasteiger partial charge in [0.1, 0.15) is 0 Å². The van der Waals surface area contributed by atoms with Gasteiger partial charge in [0.25, 0.3) is 0 Å². The molecule has 75 heavy (non-hydrogen) atoms. The third-order valence-electron chi connectivity index (χ3n) is 16.7. The van der Waals surface area contributed by atoms with Gasteiger partial charge in [-0.25, -0.2) is 0 Å². The SMILES string of the molecule is CN1CCCC1c1ccc(/C=C/c2ccc(-n3c4ccc(-n5c6ccc(C(C)(C)C)cc6c6cc(C(C)(C)C)ccc65)cc4c4cc(-n5c6ccc(C(C)(C)C)cc6c6cc(C(C)(C)C)ccc65)ccc43)cc2)cc1. The van der Waals surface area contributed by atoms with E-state index < -0.39 is 0 Å². The summed E-state index contributed by atoms with van der Waals surface area (Å²) in [5.41, 5.74) is 20.0. The standard InChI is InChI=1S/C71H74N4/c1-68(2,3)48-24-32-62-55(39-48)56-40-49(69(4,5)6)25-33-63(56)74(62)53-30-36-66-59(43-53)60-44-54(75-64-34-26-50(70(7,8)9)41-57(64)58-42-51(71(10,11)12)27-35-65(58)75)31-37-67(60)73(66)52-28-20-46(21-29-52)17-16-45-18-22-47(23-19-45)61-15-14-38-72(61)13/h16-37,39-44,61H,14-15,38H2,1-13H3/b17-16+. The molecule has 1 atom stereocenters. The van der Waals surface area contributed by atoms with E-state index in [0.29, 0.717) is 6.04 Å². The molecule has 378 valence electrons. The normalized spacial score (nSPS) is 15.4. The highest BCUT2D eigenvalue weighted by Crippen LogP contribution is 2.43. The first-order chi connectivity index (χ1) is 35.6. The van der Waals surface area contributed by atoms with Gasteiger partial charge in [-0.15, -0.1) is 0 Å². The number of rotatable bonds is 6. The fourth-order valence-electron chi connectivity index (χ4n) is 12.1. The van der Waals surface area contributed by atoms with Crippen LogP contribution < -0.4 is 0 Å². The van der Waals surface area contributed by atoms with Crippen molar-refractivity contribution in [3.05, 3.63) is 197 Å². The second kappa shape index (κ2) is 17.5. The molecule has 0 N–H and O–H groups in total. The van der Waals surface area contributed by atoms with Crippen molar-refractivity contribution in [3.8, 4) is 17.1 Å². The van der Waals surface area contributed by atoms with Gasteiger partial charge >= 0.3 is 0 Å². The van der Waals surface area contributed by atoms with E-state index in [1.165, 1.54) is 124 Å². The summed E-state index contributed by atoms with van der Waals surface area (Å²) < 4.78 is 7.48. The number of aromatic nitrogens is 3. The lowest BCUT2D eigenvalue weighted by Crippen LogP contribution is -2.17. The lowest BCUT2D eigenvalue weighted by Gasteiger charge is -2.19. The topological polar surface area (TPSA) is 18.0 Å². The summed E-state index contributed by atoms with van der Waals surface area (Å²) in [5.74, 6) is 0.